The molecule has 27 heavy (non-hydrogen) atoms. The van der Waals surface area contributed by atoms with E-state index in [4.69, 9.17) is 5.73 Å². The Morgan fingerprint density at radius 3 is 2.19 bits per heavy atom. The summed E-state index contributed by atoms with van der Waals surface area (Å²) in [5.41, 5.74) is 5.16. The summed E-state index contributed by atoms with van der Waals surface area (Å²) in [5.74, 6) is -3.78. The van der Waals surface area contributed by atoms with Gasteiger partial charge in [0.15, 0.2) is 11.6 Å². The SMILES string of the molecule is CCN(CC(N)c1cc(F)c(F)cc1F)S(=O)(=O)c1ccc([N+](=O)[O-])cc1. The Balaban J connectivity index is 2.30. The highest BCUT2D eigenvalue weighted by Gasteiger charge is 2.27. The van der Waals surface area contributed by atoms with Gasteiger partial charge in [0.05, 0.1) is 9.82 Å². The van der Waals surface area contributed by atoms with Crippen molar-refractivity contribution in [2.24, 2.45) is 5.73 Å². The highest BCUT2D eigenvalue weighted by Crippen LogP contribution is 2.24. The lowest BCUT2D eigenvalue weighted by Gasteiger charge is -2.24. The van der Waals surface area contributed by atoms with Crippen molar-refractivity contribution >= 4 is 15.7 Å². The summed E-state index contributed by atoms with van der Waals surface area (Å²) in [7, 11) is -4.09. The molecule has 1 atom stereocenters. The number of nitrogens with zero attached hydrogens (tertiary/aromatic N) is 2. The third kappa shape index (κ3) is 4.43. The molecule has 0 saturated heterocycles. The van der Waals surface area contributed by atoms with Gasteiger partial charge in [-0.1, -0.05) is 6.92 Å². The summed E-state index contributed by atoms with van der Waals surface area (Å²) in [4.78, 5) is 9.79. The zero-order valence-corrected chi connectivity index (χ0v) is 14.9. The summed E-state index contributed by atoms with van der Waals surface area (Å²) in [5, 5.41) is 10.7. The van der Waals surface area contributed by atoms with Crippen LogP contribution in [0.15, 0.2) is 41.3 Å². The standard InChI is InChI=1S/C16H16F3N3O4S/c1-2-21(9-16(20)12-7-14(18)15(19)8-13(12)17)27(25,26)11-5-3-10(4-6-11)22(23)24/h3-8,16H,2,9,20H2,1H3. The van der Waals surface area contributed by atoms with Crippen LogP contribution in [0.2, 0.25) is 0 Å². The van der Waals surface area contributed by atoms with E-state index in [0.717, 1.165) is 28.6 Å². The molecule has 0 aliphatic carbocycles. The van der Waals surface area contributed by atoms with Gasteiger partial charge in [0.25, 0.3) is 5.69 Å². The first-order valence-corrected chi connectivity index (χ1v) is 9.16. The summed E-state index contributed by atoms with van der Waals surface area (Å²) in [6.45, 7) is 1.06. The van der Waals surface area contributed by atoms with Crippen molar-refractivity contribution in [1.29, 1.82) is 0 Å². The average molecular weight is 403 g/mol. The number of nitro groups is 1. The van der Waals surface area contributed by atoms with Gasteiger partial charge in [-0.2, -0.15) is 4.31 Å². The van der Waals surface area contributed by atoms with Crippen molar-refractivity contribution in [2.45, 2.75) is 17.9 Å². The minimum atomic E-state index is -4.09. The fourth-order valence-electron chi connectivity index (χ4n) is 2.43. The lowest BCUT2D eigenvalue weighted by molar-refractivity contribution is -0.384. The highest BCUT2D eigenvalue weighted by molar-refractivity contribution is 7.89. The van der Waals surface area contributed by atoms with Crippen LogP contribution in [0.3, 0.4) is 0 Å². The molecule has 0 radical (unpaired) electrons. The van der Waals surface area contributed by atoms with E-state index in [1.165, 1.54) is 6.92 Å². The van der Waals surface area contributed by atoms with Crippen molar-refractivity contribution in [2.75, 3.05) is 13.1 Å². The molecule has 1 unspecified atom stereocenters. The smallest absolute Gasteiger partial charge is 0.269 e. The Hall–Kier alpha value is -2.50. The lowest BCUT2D eigenvalue weighted by Crippen LogP contribution is -2.37. The minimum Gasteiger partial charge on any atom is -0.323 e. The van der Waals surface area contributed by atoms with E-state index < -0.39 is 45.0 Å². The Bertz CT molecular complexity index is 952. The van der Waals surface area contributed by atoms with Gasteiger partial charge in [-0.05, 0) is 18.2 Å². The second-order valence-electron chi connectivity index (χ2n) is 5.60. The molecule has 0 fully saturated rings. The molecular formula is C16H16F3N3O4S. The second kappa shape index (κ2) is 8.03. The number of rotatable bonds is 7. The van der Waals surface area contributed by atoms with E-state index in [-0.39, 0.29) is 22.7 Å². The number of nitro benzene ring substituents is 1. The molecule has 11 heteroatoms. The maximum atomic E-state index is 13.9. The van der Waals surface area contributed by atoms with E-state index in [1.807, 2.05) is 0 Å². The molecule has 2 N–H and O–H groups in total. The first-order chi connectivity index (χ1) is 12.6. The van der Waals surface area contributed by atoms with Crippen LogP contribution in [0.5, 0.6) is 0 Å². The molecule has 2 aromatic rings. The number of benzene rings is 2. The number of hydrogen-bond donors (Lipinski definition) is 1. The van der Waals surface area contributed by atoms with Gasteiger partial charge in [0.1, 0.15) is 5.82 Å². The molecule has 0 aliphatic heterocycles. The summed E-state index contributed by atoms with van der Waals surface area (Å²) < 4.78 is 66.6. The Labute approximate surface area is 153 Å². The second-order valence-corrected chi connectivity index (χ2v) is 7.54. The van der Waals surface area contributed by atoms with Gasteiger partial charge < -0.3 is 5.73 Å². The normalized spacial score (nSPS) is 13.0. The molecule has 7 nitrogen and oxygen atoms in total. The average Bonchev–Trinajstić information content (AvgIpc) is 2.62. The van der Waals surface area contributed by atoms with Crippen LogP contribution < -0.4 is 5.73 Å². The first-order valence-electron chi connectivity index (χ1n) is 7.72. The largest absolute Gasteiger partial charge is 0.323 e. The van der Waals surface area contributed by atoms with Gasteiger partial charge in [0, 0.05) is 42.9 Å². The maximum absolute atomic E-state index is 13.9. The van der Waals surface area contributed by atoms with E-state index in [0.29, 0.717) is 12.1 Å². The third-order valence-electron chi connectivity index (χ3n) is 3.88. The quantitative estimate of drug-likeness (QED) is 0.435. The molecule has 2 aromatic carbocycles. The highest BCUT2D eigenvalue weighted by atomic mass is 32.2. The lowest BCUT2D eigenvalue weighted by atomic mass is 10.1. The van der Waals surface area contributed by atoms with E-state index >= 15 is 0 Å². The number of nitrogens with two attached hydrogens (primary N) is 1. The zero-order valence-electron chi connectivity index (χ0n) is 14.1. The Morgan fingerprint density at radius 2 is 1.67 bits per heavy atom. The number of halogens is 3. The van der Waals surface area contributed by atoms with Crippen LogP contribution in [0, 0.1) is 27.6 Å². The topological polar surface area (TPSA) is 107 Å². The van der Waals surface area contributed by atoms with Crippen LogP contribution in [0.4, 0.5) is 18.9 Å². The molecule has 146 valence electrons. The molecule has 0 heterocycles. The monoisotopic (exact) mass is 403 g/mol. The maximum Gasteiger partial charge on any atom is 0.269 e. The number of sulfonamides is 1. The van der Waals surface area contributed by atoms with Gasteiger partial charge in [-0.3, -0.25) is 10.1 Å². The van der Waals surface area contributed by atoms with Crippen molar-refractivity contribution < 1.29 is 26.5 Å². The van der Waals surface area contributed by atoms with Crippen molar-refractivity contribution in [3.8, 4) is 0 Å². The third-order valence-corrected chi connectivity index (χ3v) is 5.83. The summed E-state index contributed by atoms with van der Waals surface area (Å²) >= 11 is 0. The van der Waals surface area contributed by atoms with Crippen molar-refractivity contribution in [3.05, 3.63) is 69.5 Å². The van der Waals surface area contributed by atoms with Crippen LogP contribution in [0.1, 0.15) is 18.5 Å². The molecule has 2 rings (SSSR count). The first kappa shape index (κ1) is 20.8. The van der Waals surface area contributed by atoms with Crippen LogP contribution in [0.25, 0.3) is 0 Å². The van der Waals surface area contributed by atoms with E-state index in [1.54, 1.807) is 0 Å². The Kier molecular flexibility index (Phi) is 6.19. The fourth-order valence-corrected chi connectivity index (χ4v) is 3.90. The molecular weight excluding hydrogens is 387 g/mol. The van der Waals surface area contributed by atoms with Gasteiger partial charge in [0.2, 0.25) is 10.0 Å². The molecule has 0 amide bonds. The Morgan fingerprint density at radius 1 is 1.11 bits per heavy atom. The van der Waals surface area contributed by atoms with E-state index in [9.17, 15) is 31.7 Å². The number of likely N-dealkylation sites (N-methyl/N-ethyl adjacent to an activating group) is 1. The van der Waals surface area contributed by atoms with Crippen LogP contribution in [-0.2, 0) is 10.0 Å². The van der Waals surface area contributed by atoms with Crippen molar-refractivity contribution in [1.82, 2.24) is 4.31 Å². The van der Waals surface area contributed by atoms with Gasteiger partial charge in [-0.25, -0.2) is 21.6 Å². The zero-order chi connectivity index (χ0) is 20.4. The summed E-state index contributed by atoms with van der Waals surface area (Å²) in [6.07, 6.45) is 0. The molecule has 0 saturated carbocycles. The molecule has 0 aromatic heterocycles. The van der Waals surface area contributed by atoms with Crippen LogP contribution >= 0.6 is 0 Å². The van der Waals surface area contributed by atoms with E-state index in [2.05, 4.69) is 0 Å². The van der Waals surface area contributed by atoms with Gasteiger partial charge >= 0.3 is 0 Å². The fraction of sp³-hybridized carbons (Fsp3) is 0.250. The van der Waals surface area contributed by atoms with Crippen molar-refractivity contribution in [3.63, 3.8) is 0 Å². The van der Waals surface area contributed by atoms with Crippen LogP contribution in [-0.4, -0.2) is 30.7 Å². The molecule has 0 spiro atoms. The molecule has 0 aliphatic rings. The van der Waals surface area contributed by atoms with Gasteiger partial charge in [-0.15, -0.1) is 0 Å². The summed E-state index contributed by atoms with van der Waals surface area (Å²) in [6, 6.07) is 3.88. The predicted molar refractivity (Wildman–Crippen MR) is 90.8 cm³/mol. The minimum absolute atomic E-state index is 0.0433. The number of non-ortho nitro benzene ring substituents is 1. The number of hydrogen-bond acceptors (Lipinski definition) is 5. The predicted octanol–water partition coefficient (Wildman–Crippen LogP) is 2.72. The molecule has 0 bridgehead atoms.